The second kappa shape index (κ2) is 13.0. The Bertz CT molecular complexity index is 1410. The number of benzene rings is 2. The van der Waals surface area contributed by atoms with Gasteiger partial charge in [-0.3, -0.25) is 0 Å². The summed E-state index contributed by atoms with van der Waals surface area (Å²) in [6, 6.07) is 12.2. The molecule has 1 amide bonds. The molecule has 1 aromatic heterocycles. The van der Waals surface area contributed by atoms with Crippen LogP contribution in [0.1, 0.15) is 54.3 Å². The van der Waals surface area contributed by atoms with E-state index in [9.17, 15) is 27.9 Å². The van der Waals surface area contributed by atoms with E-state index in [4.69, 9.17) is 4.74 Å². The van der Waals surface area contributed by atoms with Crippen LogP contribution < -0.4 is 29.3 Å². The van der Waals surface area contributed by atoms with Crippen molar-refractivity contribution < 1.29 is 51.5 Å². The van der Waals surface area contributed by atoms with Crippen molar-refractivity contribution in [2.24, 2.45) is 0 Å². The van der Waals surface area contributed by atoms with Crippen LogP contribution in [0.4, 0.5) is 29.6 Å². The molecule has 0 radical (unpaired) electrons. The number of anilines is 2. The zero-order valence-corrected chi connectivity index (χ0v) is 23.5. The number of carbonyl (C=O) groups excluding carboxylic acids is 2. The van der Waals surface area contributed by atoms with Gasteiger partial charge < -0.3 is 24.9 Å². The molecule has 2 heterocycles. The van der Waals surface area contributed by atoms with Crippen LogP contribution in [-0.4, -0.2) is 39.1 Å². The SMILES string of the molecule is CC(C)(C)OC(=O)N1CCc2cc(Nc3ncc(C(F)(F)F)c(CCc4ccccc4CC(=O)[O-])n3)ccc2C1.[Li+]. The Morgan fingerprint density at radius 3 is 2.41 bits per heavy atom. The largest absolute Gasteiger partial charge is 1.00 e. The first-order valence-corrected chi connectivity index (χ1v) is 12.8. The molecular formula is C29H30F3LiN4O4. The molecule has 4 rings (SSSR count). The molecule has 1 aliphatic heterocycles. The van der Waals surface area contributed by atoms with Gasteiger partial charge in [0.05, 0.1) is 11.3 Å². The van der Waals surface area contributed by atoms with Crippen LogP contribution in [0.5, 0.6) is 0 Å². The number of aliphatic carboxylic acids is 1. The number of ether oxygens (including phenoxy) is 1. The number of aromatic nitrogens is 2. The van der Waals surface area contributed by atoms with E-state index >= 15 is 0 Å². The van der Waals surface area contributed by atoms with Crippen molar-refractivity contribution in [3.63, 3.8) is 0 Å². The minimum absolute atomic E-state index is 0. The molecule has 1 aliphatic rings. The summed E-state index contributed by atoms with van der Waals surface area (Å²) in [5.74, 6) is -1.25. The summed E-state index contributed by atoms with van der Waals surface area (Å²) < 4.78 is 46.6. The van der Waals surface area contributed by atoms with E-state index in [-0.39, 0.29) is 55.9 Å². The first-order valence-electron chi connectivity index (χ1n) is 12.8. The molecule has 12 heteroatoms. The molecule has 41 heavy (non-hydrogen) atoms. The van der Waals surface area contributed by atoms with E-state index in [1.165, 1.54) is 0 Å². The Balaban J connectivity index is 0.00000462. The first kappa shape index (κ1) is 32.0. The minimum Gasteiger partial charge on any atom is -0.550 e. The maximum Gasteiger partial charge on any atom is 1.00 e. The molecule has 3 aromatic rings. The zero-order chi connectivity index (χ0) is 29.1. The number of nitrogens with zero attached hydrogens (tertiary/aromatic N) is 3. The maximum atomic E-state index is 13.7. The third-order valence-electron chi connectivity index (χ3n) is 6.38. The Morgan fingerprint density at radius 1 is 1.05 bits per heavy atom. The molecule has 0 aliphatic carbocycles. The molecule has 0 spiro atoms. The number of carboxylic acid groups (broad SMARTS) is 1. The predicted octanol–water partition coefficient (Wildman–Crippen LogP) is 1.61. The van der Waals surface area contributed by atoms with Crippen LogP contribution in [0.3, 0.4) is 0 Å². The number of nitrogens with one attached hydrogen (secondary N) is 1. The molecule has 212 valence electrons. The fourth-order valence-corrected chi connectivity index (χ4v) is 4.53. The number of carbonyl (C=O) groups is 2. The number of alkyl halides is 3. The Kier molecular flexibility index (Phi) is 10.1. The van der Waals surface area contributed by atoms with Crippen LogP contribution >= 0.6 is 0 Å². The van der Waals surface area contributed by atoms with Crippen LogP contribution in [0.2, 0.25) is 0 Å². The van der Waals surface area contributed by atoms with Crippen molar-refractivity contribution >= 4 is 23.7 Å². The summed E-state index contributed by atoms with van der Waals surface area (Å²) in [6.45, 7) is 6.30. The fourth-order valence-electron chi connectivity index (χ4n) is 4.53. The standard InChI is InChI=1S/C29H31F3N4O4.Li/c1-28(2,3)40-27(39)36-13-12-20-14-22(10-8-21(20)17-36)34-26-33-16-23(29(30,31)32)24(35-26)11-9-18-6-4-5-7-19(18)15-25(37)38;/h4-8,10,14,16H,9,11-13,15,17H2,1-3H3,(H,37,38)(H,33,34,35);/q;+1/p-1. The first-order chi connectivity index (χ1) is 18.8. The molecule has 0 saturated heterocycles. The van der Waals surface area contributed by atoms with Crippen molar-refractivity contribution in [3.05, 3.63) is 82.2 Å². The number of hydrogen-bond donors (Lipinski definition) is 1. The van der Waals surface area contributed by atoms with Crippen LogP contribution in [0.15, 0.2) is 48.7 Å². The van der Waals surface area contributed by atoms with Crippen LogP contribution in [0, 0.1) is 0 Å². The Hall–Kier alpha value is -3.55. The predicted molar refractivity (Wildman–Crippen MR) is 140 cm³/mol. The summed E-state index contributed by atoms with van der Waals surface area (Å²) >= 11 is 0. The molecular weight excluding hydrogens is 532 g/mol. The summed E-state index contributed by atoms with van der Waals surface area (Å²) in [6.07, 6.45) is -3.91. The number of aryl methyl sites for hydroxylation is 2. The van der Waals surface area contributed by atoms with Gasteiger partial charge in [0.25, 0.3) is 0 Å². The summed E-state index contributed by atoms with van der Waals surface area (Å²) in [5.41, 5.74) is 1.93. The maximum absolute atomic E-state index is 13.7. The number of carboxylic acids is 1. The van der Waals surface area contributed by atoms with E-state index in [0.717, 1.165) is 17.3 Å². The van der Waals surface area contributed by atoms with E-state index in [1.54, 1.807) is 35.2 Å². The third-order valence-corrected chi connectivity index (χ3v) is 6.38. The van der Waals surface area contributed by atoms with Gasteiger partial charge >= 0.3 is 31.1 Å². The number of hydrogen-bond acceptors (Lipinski definition) is 7. The minimum atomic E-state index is -4.65. The van der Waals surface area contributed by atoms with E-state index in [1.807, 2.05) is 32.9 Å². The number of fused-ring (bicyclic) bond motifs is 1. The van der Waals surface area contributed by atoms with Crippen LogP contribution in [-0.2, 0) is 47.9 Å². The van der Waals surface area contributed by atoms with Gasteiger partial charge in [-0.1, -0.05) is 30.3 Å². The second-order valence-electron chi connectivity index (χ2n) is 10.6. The number of amides is 1. The quantitative estimate of drug-likeness (QED) is 0.436. The van der Waals surface area contributed by atoms with Gasteiger partial charge in [0.2, 0.25) is 5.95 Å². The average Bonchev–Trinajstić information content (AvgIpc) is 2.86. The van der Waals surface area contributed by atoms with Gasteiger partial charge in [0.15, 0.2) is 0 Å². The third kappa shape index (κ3) is 8.71. The average molecular weight is 563 g/mol. The molecule has 0 bridgehead atoms. The topological polar surface area (TPSA) is 107 Å². The molecule has 1 N–H and O–H groups in total. The normalized spacial score (nSPS) is 13.2. The van der Waals surface area contributed by atoms with Crippen molar-refractivity contribution in [2.45, 2.75) is 64.8 Å². The van der Waals surface area contributed by atoms with Crippen molar-refractivity contribution in [1.29, 1.82) is 0 Å². The fraction of sp³-hybridized carbons (Fsp3) is 0.379. The van der Waals surface area contributed by atoms with E-state index < -0.39 is 23.3 Å². The monoisotopic (exact) mass is 562 g/mol. The van der Waals surface area contributed by atoms with E-state index in [0.29, 0.717) is 36.3 Å². The Labute approximate surface area is 248 Å². The molecule has 0 atom stereocenters. The molecule has 0 fully saturated rings. The van der Waals surface area contributed by atoms with Gasteiger partial charge in [0, 0.05) is 37.4 Å². The Morgan fingerprint density at radius 2 is 1.76 bits per heavy atom. The number of rotatable bonds is 7. The van der Waals surface area contributed by atoms with Crippen molar-refractivity contribution in [2.75, 3.05) is 11.9 Å². The van der Waals surface area contributed by atoms with Gasteiger partial charge in [-0.25, -0.2) is 14.8 Å². The van der Waals surface area contributed by atoms with E-state index in [2.05, 4.69) is 15.3 Å². The molecule has 0 saturated carbocycles. The summed E-state index contributed by atoms with van der Waals surface area (Å²) in [5, 5.41) is 14.1. The molecule has 2 aromatic carbocycles. The number of halogens is 3. The summed E-state index contributed by atoms with van der Waals surface area (Å²) in [7, 11) is 0. The van der Waals surface area contributed by atoms with Crippen molar-refractivity contribution in [3.8, 4) is 0 Å². The van der Waals surface area contributed by atoms with Gasteiger partial charge in [-0.2, -0.15) is 13.2 Å². The van der Waals surface area contributed by atoms with Gasteiger partial charge in [0.1, 0.15) is 5.60 Å². The summed E-state index contributed by atoms with van der Waals surface area (Å²) in [4.78, 5) is 33.2. The van der Waals surface area contributed by atoms with Crippen LogP contribution in [0.25, 0.3) is 0 Å². The molecule has 0 unspecified atom stereocenters. The molecule has 8 nitrogen and oxygen atoms in total. The second-order valence-corrected chi connectivity index (χ2v) is 10.6. The zero-order valence-electron chi connectivity index (χ0n) is 23.5. The van der Waals surface area contributed by atoms with Crippen molar-refractivity contribution in [1.82, 2.24) is 14.9 Å². The van der Waals surface area contributed by atoms with Gasteiger partial charge in [-0.05, 0) is 74.4 Å². The smallest absolute Gasteiger partial charge is 0.550 e. The van der Waals surface area contributed by atoms with Gasteiger partial charge in [-0.15, -0.1) is 0 Å².